The minimum atomic E-state index is -0.195. The molecule has 1 rings (SSSR count). The van der Waals surface area contributed by atoms with Gasteiger partial charge < -0.3 is 4.74 Å². The fourth-order valence-electron chi connectivity index (χ4n) is 0.981. The topological polar surface area (TPSA) is 60.5 Å². The maximum atomic E-state index is 11.3. The number of hydrogen-bond donors (Lipinski definition) is 1. The fraction of sp³-hybridized carbons (Fsp3) is 0.400. The van der Waals surface area contributed by atoms with E-state index in [2.05, 4.69) is 10.5 Å². The molecule has 15 heavy (non-hydrogen) atoms. The van der Waals surface area contributed by atoms with E-state index in [0.29, 0.717) is 13.2 Å². The standard InChI is InChI=1S/C10H14N2O3/c1-14-5-6-15-12-10(13)7-9-3-2-4-11-8-9/h2-4,8H,5-7H2,1H3,(H,12,13). The van der Waals surface area contributed by atoms with Crippen molar-refractivity contribution >= 4 is 5.91 Å². The van der Waals surface area contributed by atoms with Gasteiger partial charge in [0.15, 0.2) is 0 Å². The second-order valence-electron chi connectivity index (χ2n) is 2.90. The zero-order valence-corrected chi connectivity index (χ0v) is 8.60. The number of nitrogens with zero attached hydrogens (tertiary/aromatic N) is 1. The summed E-state index contributed by atoms with van der Waals surface area (Å²) in [6, 6.07) is 3.62. The van der Waals surface area contributed by atoms with Crippen molar-refractivity contribution in [1.82, 2.24) is 10.5 Å². The summed E-state index contributed by atoms with van der Waals surface area (Å²) in [7, 11) is 1.57. The van der Waals surface area contributed by atoms with Crippen LogP contribution in [0.1, 0.15) is 5.56 Å². The van der Waals surface area contributed by atoms with Crippen LogP contribution in [0.2, 0.25) is 0 Å². The predicted octanol–water partition coefficient (Wildman–Crippen LogP) is 0.318. The van der Waals surface area contributed by atoms with Crippen LogP contribution in [-0.2, 0) is 20.8 Å². The number of pyridine rings is 1. The van der Waals surface area contributed by atoms with Crippen LogP contribution in [0.5, 0.6) is 0 Å². The highest BCUT2D eigenvalue weighted by molar-refractivity contribution is 5.77. The molecule has 5 heteroatoms. The molecule has 1 amide bonds. The monoisotopic (exact) mass is 210 g/mol. The number of amides is 1. The molecule has 0 saturated heterocycles. The summed E-state index contributed by atoms with van der Waals surface area (Å²) < 4.78 is 4.76. The van der Waals surface area contributed by atoms with Gasteiger partial charge in [0, 0.05) is 19.5 Å². The minimum Gasteiger partial charge on any atom is -0.382 e. The molecule has 1 N–H and O–H groups in total. The quantitative estimate of drug-likeness (QED) is 0.542. The highest BCUT2D eigenvalue weighted by Gasteiger charge is 2.02. The molecule has 0 aromatic carbocycles. The van der Waals surface area contributed by atoms with Crippen LogP contribution >= 0.6 is 0 Å². The van der Waals surface area contributed by atoms with Gasteiger partial charge in [-0.25, -0.2) is 5.48 Å². The molecule has 0 spiro atoms. The molecule has 5 nitrogen and oxygen atoms in total. The first-order valence-electron chi connectivity index (χ1n) is 4.61. The number of ether oxygens (including phenoxy) is 1. The van der Waals surface area contributed by atoms with Crippen LogP contribution < -0.4 is 5.48 Å². The Morgan fingerprint density at radius 2 is 2.40 bits per heavy atom. The summed E-state index contributed by atoms with van der Waals surface area (Å²) in [6.07, 6.45) is 3.58. The largest absolute Gasteiger partial charge is 0.382 e. The first-order valence-corrected chi connectivity index (χ1v) is 4.61. The number of methoxy groups -OCH3 is 1. The molecule has 1 aromatic heterocycles. The van der Waals surface area contributed by atoms with Crippen LogP contribution in [0.25, 0.3) is 0 Å². The number of nitrogens with one attached hydrogen (secondary N) is 1. The van der Waals surface area contributed by atoms with E-state index >= 15 is 0 Å². The van der Waals surface area contributed by atoms with Crippen LogP contribution in [0, 0.1) is 0 Å². The highest BCUT2D eigenvalue weighted by Crippen LogP contribution is 1.96. The summed E-state index contributed by atoms with van der Waals surface area (Å²) >= 11 is 0. The van der Waals surface area contributed by atoms with Crippen molar-refractivity contribution in [3.63, 3.8) is 0 Å². The molecular formula is C10H14N2O3. The predicted molar refractivity (Wildman–Crippen MR) is 53.9 cm³/mol. The first-order chi connectivity index (χ1) is 7.33. The van der Waals surface area contributed by atoms with Crippen LogP contribution in [0.15, 0.2) is 24.5 Å². The van der Waals surface area contributed by atoms with Gasteiger partial charge in [-0.3, -0.25) is 14.6 Å². The van der Waals surface area contributed by atoms with Crippen molar-refractivity contribution in [3.8, 4) is 0 Å². The Hall–Kier alpha value is -1.46. The highest BCUT2D eigenvalue weighted by atomic mass is 16.7. The molecule has 0 fully saturated rings. The molecule has 82 valence electrons. The molecular weight excluding hydrogens is 196 g/mol. The summed E-state index contributed by atoms with van der Waals surface area (Å²) in [6.45, 7) is 0.794. The van der Waals surface area contributed by atoms with Gasteiger partial charge in [-0.05, 0) is 11.6 Å². The third kappa shape index (κ3) is 5.09. The van der Waals surface area contributed by atoms with Gasteiger partial charge in [-0.1, -0.05) is 6.07 Å². The molecule has 0 aliphatic carbocycles. The van der Waals surface area contributed by atoms with E-state index in [1.54, 1.807) is 25.6 Å². The Kier molecular flexibility index (Phi) is 5.35. The maximum Gasteiger partial charge on any atom is 0.248 e. The van der Waals surface area contributed by atoms with Crippen LogP contribution in [0.4, 0.5) is 0 Å². The average molecular weight is 210 g/mol. The molecule has 0 atom stereocenters. The fourth-order valence-corrected chi connectivity index (χ4v) is 0.981. The lowest BCUT2D eigenvalue weighted by Gasteiger charge is -2.04. The van der Waals surface area contributed by atoms with Gasteiger partial charge in [0.25, 0.3) is 0 Å². The van der Waals surface area contributed by atoms with E-state index < -0.39 is 0 Å². The van der Waals surface area contributed by atoms with Gasteiger partial charge in [0.2, 0.25) is 5.91 Å². The molecule has 0 unspecified atom stereocenters. The first kappa shape index (κ1) is 11.6. The van der Waals surface area contributed by atoms with Crippen molar-refractivity contribution < 1.29 is 14.4 Å². The Morgan fingerprint density at radius 1 is 1.53 bits per heavy atom. The second kappa shape index (κ2) is 6.92. The number of carbonyl (C=O) groups excluding carboxylic acids is 1. The Bertz CT molecular complexity index is 290. The van der Waals surface area contributed by atoms with Crippen molar-refractivity contribution in [3.05, 3.63) is 30.1 Å². The summed E-state index contributed by atoms with van der Waals surface area (Å²) in [5, 5.41) is 0. The number of carbonyl (C=O) groups is 1. The Morgan fingerprint density at radius 3 is 3.07 bits per heavy atom. The molecule has 0 saturated carbocycles. The number of aromatic nitrogens is 1. The third-order valence-electron chi connectivity index (χ3n) is 1.66. The summed E-state index contributed by atoms with van der Waals surface area (Å²) in [5.74, 6) is -0.195. The van der Waals surface area contributed by atoms with Gasteiger partial charge in [-0.15, -0.1) is 0 Å². The summed E-state index contributed by atoms with van der Waals surface area (Å²) in [4.78, 5) is 20.0. The zero-order chi connectivity index (χ0) is 10.9. The van der Waals surface area contributed by atoms with Crippen molar-refractivity contribution in [2.45, 2.75) is 6.42 Å². The smallest absolute Gasteiger partial charge is 0.248 e. The van der Waals surface area contributed by atoms with E-state index in [9.17, 15) is 4.79 Å². The van der Waals surface area contributed by atoms with Crippen molar-refractivity contribution in [2.75, 3.05) is 20.3 Å². The Balaban J connectivity index is 2.19. The van der Waals surface area contributed by atoms with Crippen LogP contribution in [-0.4, -0.2) is 31.2 Å². The Labute approximate surface area is 88.4 Å². The lowest BCUT2D eigenvalue weighted by Crippen LogP contribution is -2.26. The lowest BCUT2D eigenvalue weighted by atomic mass is 10.2. The number of hydrogen-bond acceptors (Lipinski definition) is 4. The molecule has 1 aromatic rings. The minimum absolute atomic E-state index is 0.195. The number of hydroxylamine groups is 1. The van der Waals surface area contributed by atoms with E-state index in [0.717, 1.165) is 5.56 Å². The zero-order valence-electron chi connectivity index (χ0n) is 8.60. The van der Waals surface area contributed by atoms with Crippen molar-refractivity contribution in [1.29, 1.82) is 0 Å². The SMILES string of the molecule is COCCONC(=O)Cc1cccnc1. The van der Waals surface area contributed by atoms with Gasteiger partial charge in [-0.2, -0.15) is 0 Å². The van der Waals surface area contributed by atoms with Gasteiger partial charge >= 0.3 is 0 Å². The van der Waals surface area contributed by atoms with E-state index in [4.69, 9.17) is 9.57 Å². The van der Waals surface area contributed by atoms with Gasteiger partial charge in [0.1, 0.15) is 0 Å². The van der Waals surface area contributed by atoms with E-state index in [1.165, 1.54) is 0 Å². The van der Waals surface area contributed by atoms with E-state index in [1.807, 2.05) is 6.07 Å². The molecule has 0 radical (unpaired) electrons. The van der Waals surface area contributed by atoms with Crippen molar-refractivity contribution in [2.24, 2.45) is 0 Å². The van der Waals surface area contributed by atoms with E-state index in [-0.39, 0.29) is 12.3 Å². The molecule has 1 heterocycles. The molecule has 0 bridgehead atoms. The molecule has 0 aliphatic heterocycles. The number of rotatable bonds is 6. The lowest BCUT2D eigenvalue weighted by molar-refractivity contribution is -0.133. The van der Waals surface area contributed by atoms with Crippen LogP contribution in [0.3, 0.4) is 0 Å². The second-order valence-corrected chi connectivity index (χ2v) is 2.90. The van der Waals surface area contributed by atoms with Gasteiger partial charge in [0.05, 0.1) is 19.6 Å². The molecule has 0 aliphatic rings. The average Bonchev–Trinajstić information content (AvgIpc) is 2.26. The normalized spacial score (nSPS) is 9.93. The maximum absolute atomic E-state index is 11.3. The summed E-state index contributed by atoms with van der Waals surface area (Å²) in [5.41, 5.74) is 3.17. The third-order valence-corrected chi connectivity index (χ3v) is 1.66.